The molecular formula is C22H18N4O4. The lowest BCUT2D eigenvalue weighted by Gasteiger charge is -2.38. The Hall–Kier alpha value is -3.94. The van der Waals surface area contributed by atoms with Gasteiger partial charge in [0.25, 0.3) is 11.8 Å². The number of ether oxygens (including phenoxy) is 1. The lowest BCUT2D eigenvalue weighted by molar-refractivity contribution is 0.0154. The van der Waals surface area contributed by atoms with E-state index in [1.807, 2.05) is 54.6 Å². The third kappa shape index (κ3) is 3.43. The van der Waals surface area contributed by atoms with Crippen molar-refractivity contribution >= 4 is 5.91 Å². The molecule has 4 aromatic rings. The molecule has 0 spiro atoms. The van der Waals surface area contributed by atoms with Gasteiger partial charge in [-0.05, 0) is 43.3 Å². The summed E-state index contributed by atoms with van der Waals surface area (Å²) in [5.41, 5.74) is 2.30. The van der Waals surface area contributed by atoms with Gasteiger partial charge in [0.15, 0.2) is 6.39 Å². The molecule has 2 aromatic heterocycles. The summed E-state index contributed by atoms with van der Waals surface area (Å²) in [5, 5.41) is 4.06. The Morgan fingerprint density at radius 3 is 2.53 bits per heavy atom. The average Bonchev–Trinajstić information content (AvgIpc) is 3.40. The van der Waals surface area contributed by atoms with Crippen molar-refractivity contribution in [2.45, 2.75) is 13.0 Å². The van der Waals surface area contributed by atoms with E-state index in [4.69, 9.17) is 13.7 Å². The standard InChI is InChI=1S/C22H18N4O4/c1-14-19(28-13-23-14)22(27)26-11-18(12-26)29-17-9-7-15(8-10-17)20-24-21(30-25-20)16-5-3-2-4-6-16/h2-10,13,18H,11-12H2,1H3. The van der Waals surface area contributed by atoms with E-state index >= 15 is 0 Å². The Morgan fingerprint density at radius 2 is 1.83 bits per heavy atom. The number of amides is 1. The van der Waals surface area contributed by atoms with Gasteiger partial charge in [-0.25, -0.2) is 4.98 Å². The predicted molar refractivity (Wildman–Crippen MR) is 107 cm³/mol. The first kappa shape index (κ1) is 18.1. The Labute approximate surface area is 172 Å². The fourth-order valence-electron chi connectivity index (χ4n) is 3.24. The van der Waals surface area contributed by atoms with E-state index in [0.717, 1.165) is 16.9 Å². The Morgan fingerprint density at radius 1 is 1.07 bits per heavy atom. The van der Waals surface area contributed by atoms with E-state index in [1.54, 1.807) is 11.8 Å². The molecule has 0 aliphatic carbocycles. The number of aryl methyl sites for hydroxylation is 1. The Balaban J connectivity index is 1.19. The molecule has 1 aliphatic rings. The van der Waals surface area contributed by atoms with Crippen molar-refractivity contribution in [1.82, 2.24) is 20.0 Å². The van der Waals surface area contributed by atoms with Crippen molar-refractivity contribution in [3.05, 3.63) is 72.4 Å². The number of carbonyl (C=O) groups is 1. The molecule has 8 nitrogen and oxygen atoms in total. The normalized spacial score (nSPS) is 13.8. The fourth-order valence-corrected chi connectivity index (χ4v) is 3.24. The summed E-state index contributed by atoms with van der Waals surface area (Å²) >= 11 is 0. The summed E-state index contributed by atoms with van der Waals surface area (Å²) in [6, 6.07) is 17.1. The molecule has 30 heavy (non-hydrogen) atoms. The molecule has 1 aliphatic heterocycles. The molecular weight excluding hydrogens is 384 g/mol. The van der Waals surface area contributed by atoms with Gasteiger partial charge in [-0.15, -0.1) is 0 Å². The van der Waals surface area contributed by atoms with Gasteiger partial charge in [0.1, 0.15) is 11.9 Å². The average molecular weight is 402 g/mol. The number of benzene rings is 2. The number of nitrogens with zero attached hydrogens (tertiary/aromatic N) is 4. The van der Waals surface area contributed by atoms with Crippen LogP contribution in [0.3, 0.4) is 0 Å². The first-order valence-corrected chi connectivity index (χ1v) is 9.53. The first-order chi connectivity index (χ1) is 14.7. The van der Waals surface area contributed by atoms with Gasteiger partial charge >= 0.3 is 0 Å². The lowest BCUT2D eigenvalue weighted by atomic mass is 10.1. The van der Waals surface area contributed by atoms with Crippen molar-refractivity contribution < 1.29 is 18.5 Å². The second kappa shape index (κ2) is 7.47. The minimum atomic E-state index is -0.161. The van der Waals surface area contributed by atoms with Crippen molar-refractivity contribution in [2.75, 3.05) is 13.1 Å². The molecule has 0 radical (unpaired) electrons. The summed E-state index contributed by atoms with van der Waals surface area (Å²) in [7, 11) is 0. The highest BCUT2D eigenvalue weighted by atomic mass is 16.5. The highest BCUT2D eigenvalue weighted by Crippen LogP contribution is 2.25. The SMILES string of the molecule is Cc1ncoc1C(=O)N1CC(Oc2ccc(-c3noc(-c4ccccc4)n3)cc2)C1. The van der Waals surface area contributed by atoms with Crippen LogP contribution in [0.25, 0.3) is 22.8 Å². The second-order valence-electron chi connectivity index (χ2n) is 7.03. The molecule has 0 saturated carbocycles. The predicted octanol–water partition coefficient (Wildman–Crippen LogP) is 3.60. The lowest BCUT2D eigenvalue weighted by Crippen LogP contribution is -2.56. The van der Waals surface area contributed by atoms with Crippen LogP contribution in [0.5, 0.6) is 5.75 Å². The van der Waals surface area contributed by atoms with Crippen molar-refractivity contribution in [1.29, 1.82) is 0 Å². The monoisotopic (exact) mass is 402 g/mol. The smallest absolute Gasteiger partial charge is 0.291 e. The van der Waals surface area contributed by atoms with Gasteiger partial charge in [0, 0.05) is 11.1 Å². The molecule has 150 valence electrons. The molecule has 3 heterocycles. The largest absolute Gasteiger partial charge is 0.487 e. The van der Waals surface area contributed by atoms with Gasteiger partial charge in [0.2, 0.25) is 11.6 Å². The van der Waals surface area contributed by atoms with E-state index in [-0.39, 0.29) is 17.8 Å². The summed E-state index contributed by atoms with van der Waals surface area (Å²) in [6.07, 6.45) is 1.22. The molecule has 0 bridgehead atoms. The molecule has 1 fully saturated rings. The number of likely N-dealkylation sites (tertiary alicyclic amines) is 1. The summed E-state index contributed by atoms with van der Waals surface area (Å²) < 4.78 is 16.5. The van der Waals surface area contributed by atoms with Crippen LogP contribution in [0.1, 0.15) is 16.2 Å². The highest BCUT2D eigenvalue weighted by molar-refractivity contribution is 5.93. The van der Waals surface area contributed by atoms with E-state index in [0.29, 0.717) is 30.5 Å². The number of oxazole rings is 1. The molecule has 0 unspecified atom stereocenters. The van der Waals surface area contributed by atoms with Crippen molar-refractivity contribution in [3.8, 4) is 28.6 Å². The number of hydrogen-bond donors (Lipinski definition) is 0. The van der Waals surface area contributed by atoms with E-state index in [1.165, 1.54) is 6.39 Å². The van der Waals surface area contributed by atoms with E-state index in [2.05, 4.69) is 15.1 Å². The van der Waals surface area contributed by atoms with Crippen LogP contribution in [-0.2, 0) is 0 Å². The van der Waals surface area contributed by atoms with Crippen LogP contribution in [0, 0.1) is 6.92 Å². The Bertz CT molecular complexity index is 1160. The van der Waals surface area contributed by atoms with Crippen molar-refractivity contribution in [2.24, 2.45) is 0 Å². The topological polar surface area (TPSA) is 94.5 Å². The maximum absolute atomic E-state index is 12.3. The van der Waals surface area contributed by atoms with Crippen LogP contribution >= 0.6 is 0 Å². The van der Waals surface area contributed by atoms with Gasteiger partial charge in [-0.2, -0.15) is 4.98 Å². The third-order valence-electron chi connectivity index (χ3n) is 4.94. The maximum Gasteiger partial charge on any atom is 0.291 e. The summed E-state index contributed by atoms with van der Waals surface area (Å²) in [4.78, 5) is 22.4. The van der Waals surface area contributed by atoms with E-state index < -0.39 is 0 Å². The zero-order valence-electron chi connectivity index (χ0n) is 16.2. The minimum absolute atomic E-state index is 0.0575. The summed E-state index contributed by atoms with van der Waals surface area (Å²) in [5.74, 6) is 1.84. The third-order valence-corrected chi connectivity index (χ3v) is 4.94. The van der Waals surface area contributed by atoms with Crippen LogP contribution in [-0.4, -0.2) is 45.1 Å². The maximum atomic E-state index is 12.3. The molecule has 2 aromatic carbocycles. The first-order valence-electron chi connectivity index (χ1n) is 9.53. The molecule has 0 N–H and O–H groups in total. The quantitative estimate of drug-likeness (QED) is 0.503. The molecule has 0 atom stereocenters. The molecule has 8 heteroatoms. The molecule has 5 rings (SSSR count). The number of hydrogen-bond acceptors (Lipinski definition) is 7. The second-order valence-corrected chi connectivity index (χ2v) is 7.03. The fraction of sp³-hybridized carbons (Fsp3) is 0.182. The highest BCUT2D eigenvalue weighted by Gasteiger charge is 2.35. The van der Waals surface area contributed by atoms with Gasteiger partial charge < -0.3 is 18.6 Å². The number of aromatic nitrogens is 3. The zero-order chi connectivity index (χ0) is 20.5. The molecule has 1 amide bonds. The van der Waals surface area contributed by atoms with Gasteiger partial charge in [0.05, 0.1) is 18.8 Å². The molecule has 1 saturated heterocycles. The number of rotatable bonds is 5. The van der Waals surface area contributed by atoms with Gasteiger partial charge in [-0.3, -0.25) is 4.79 Å². The van der Waals surface area contributed by atoms with Gasteiger partial charge in [-0.1, -0.05) is 23.4 Å². The zero-order valence-corrected chi connectivity index (χ0v) is 16.2. The van der Waals surface area contributed by atoms with Crippen LogP contribution < -0.4 is 4.74 Å². The number of carbonyl (C=O) groups excluding carboxylic acids is 1. The summed E-state index contributed by atoms with van der Waals surface area (Å²) in [6.45, 7) is 2.76. The Kier molecular flexibility index (Phi) is 4.51. The van der Waals surface area contributed by atoms with Crippen LogP contribution in [0.15, 0.2) is 69.9 Å². The van der Waals surface area contributed by atoms with Crippen LogP contribution in [0.2, 0.25) is 0 Å². The minimum Gasteiger partial charge on any atom is -0.487 e. The van der Waals surface area contributed by atoms with Crippen LogP contribution in [0.4, 0.5) is 0 Å². The van der Waals surface area contributed by atoms with E-state index in [9.17, 15) is 4.79 Å². The van der Waals surface area contributed by atoms with Crippen molar-refractivity contribution in [3.63, 3.8) is 0 Å².